The number of hydrogen-bond donors (Lipinski definition) is 0. The van der Waals surface area contributed by atoms with Crippen molar-refractivity contribution in [1.29, 1.82) is 0 Å². The van der Waals surface area contributed by atoms with Gasteiger partial charge in [0.1, 0.15) is 0 Å². The second kappa shape index (κ2) is 12.9. The summed E-state index contributed by atoms with van der Waals surface area (Å²) in [7, 11) is 0. The molecule has 12 unspecified atom stereocenters. The maximum absolute atomic E-state index is 3.29. The number of rotatable bonds is 4. The zero-order valence-corrected chi connectivity index (χ0v) is 29.2. The fourth-order valence-electron chi connectivity index (χ4n) is 14.3. The predicted molar refractivity (Wildman–Crippen MR) is 187 cm³/mol. The van der Waals surface area contributed by atoms with Crippen molar-refractivity contribution in [3.05, 3.63) is 0 Å². The highest BCUT2D eigenvalue weighted by Gasteiger charge is 2.59. The molecule has 12 atom stereocenters. The van der Waals surface area contributed by atoms with E-state index in [1.165, 1.54) is 51.4 Å². The van der Waals surface area contributed by atoms with Crippen LogP contribution in [0.1, 0.15) is 161 Å². The Morgan fingerprint density at radius 2 is 1.00 bits per heavy atom. The third kappa shape index (κ3) is 5.56. The molecule has 0 radical (unpaired) electrons. The summed E-state index contributed by atoms with van der Waals surface area (Å²) < 4.78 is 0. The molecule has 2 heterocycles. The van der Waals surface area contributed by atoms with Gasteiger partial charge in [-0.2, -0.15) is 23.5 Å². The van der Waals surface area contributed by atoms with Crippen LogP contribution in [0.15, 0.2) is 0 Å². The van der Waals surface area contributed by atoms with Crippen molar-refractivity contribution in [2.45, 2.75) is 200 Å². The van der Waals surface area contributed by atoms with Crippen molar-refractivity contribution in [2.75, 3.05) is 0 Å². The molecule has 0 aromatic rings. The van der Waals surface area contributed by atoms with E-state index in [1.807, 2.05) is 0 Å². The smallest absolute Gasteiger partial charge is 0.0123 e. The Morgan fingerprint density at radius 3 is 1.88 bits per heavy atom. The Labute approximate surface area is 274 Å². The zero-order valence-electron chi connectivity index (χ0n) is 27.6. The monoisotopic (exact) mass is 623 g/mol. The van der Waals surface area contributed by atoms with Gasteiger partial charge in [0, 0.05) is 39.1 Å². The second-order valence-electron chi connectivity index (χ2n) is 17.9. The lowest BCUT2D eigenvalue weighted by atomic mass is 9.62. The van der Waals surface area contributed by atoms with Gasteiger partial charge in [-0.1, -0.05) is 64.2 Å². The molecule has 43 heavy (non-hydrogen) atoms. The van der Waals surface area contributed by atoms with Gasteiger partial charge < -0.3 is 0 Å². The lowest BCUT2D eigenvalue weighted by Crippen LogP contribution is -2.54. The second-order valence-corrected chi connectivity index (χ2v) is 20.7. The Balaban J connectivity index is 0.879. The molecule has 0 aromatic carbocycles. The lowest BCUT2D eigenvalue weighted by Gasteiger charge is -2.52. The van der Waals surface area contributed by atoms with Crippen LogP contribution in [0.2, 0.25) is 0 Å². The molecule has 3 heteroatoms. The molecule has 7 saturated carbocycles. The zero-order chi connectivity index (χ0) is 28.3. The van der Waals surface area contributed by atoms with Gasteiger partial charge in [0.2, 0.25) is 0 Å². The molecule has 0 bridgehead atoms. The largest absolute Gasteiger partial charge is 0.294 e. The minimum absolute atomic E-state index is 0.933. The van der Waals surface area contributed by atoms with Crippen molar-refractivity contribution in [3.8, 4) is 0 Å². The fraction of sp³-hybridized carbons (Fsp3) is 1.00. The van der Waals surface area contributed by atoms with E-state index in [0.717, 1.165) is 86.5 Å². The highest BCUT2D eigenvalue weighted by molar-refractivity contribution is 8.02. The van der Waals surface area contributed by atoms with Crippen LogP contribution < -0.4 is 0 Å². The highest BCUT2D eigenvalue weighted by Crippen LogP contribution is 2.66. The molecule has 1 nitrogen and oxygen atoms in total. The average molecular weight is 624 g/mol. The molecule has 9 rings (SSSR count). The van der Waals surface area contributed by atoms with Crippen LogP contribution >= 0.6 is 23.5 Å². The van der Waals surface area contributed by atoms with Crippen molar-refractivity contribution in [2.24, 2.45) is 47.3 Å². The summed E-state index contributed by atoms with van der Waals surface area (Å²) in [4.78, 5) is 3.29. The summed E-state index contributed by atoms with van der Waals surface area (Å²) in [5.74, 6) is 8.73. The number of hydrogen-bond acceptors (Lipinski definition) is 3. The SMILES string of the molecule is C1CCC(N(C2CCC(C3CCCC4C5CCC6SC7CCCCC7C6C5SC34)CC2)C2CCC3CCCCC3C2)CC1. The van der Waals surface area contributed by atoms with E-state index in [4.69, 9.17) is 0 Å². The van der Waals surface area contributed by atoms with Crippen LogP contribution in [0.3, 0.4) is 0 Å². The van der Waals surface area contributed by atoms with E-state index in [-0.39, 0.29) is 0 Å². The van der Waals surface area contributed by atoms with Gasteiger partial charge in [-0.05, 0) is 144 Å². The van der Waals surface area contributed by atoms with Crippen LogP contribution in [-0.2, 0) is 0 Å². The maximum atomic E-state index is 3.29. The summed E-state index contributed by atoms with van der Waals surface area (Å²) in [6.45, 7) is 0. The van der Waals surface area contributed by atoms with Gasteiger partial charge in [0.05, 0.1) is 0 Å². The number of fused-ring (bicyclic) bond motifs is 8. The van der Waals surface area contributed by atoms with E-state index in [1.54, 1.807) is 109 Å². The van der Waals surface area contributed by atoms with E-state index in [2.05, 4.69) is 28.4 Å². The first-order chi connectivity index (χ1) is 21.3. The standard InChI is InChI=1S/C40H65NS2/c1-2-11-29(12-3-1)41(31-22-17-26-9-4-5-10-28(26)25-31)30-20-18-27(19-21-30)32-14-8-15-33-34-23-24-37-38(40(34)43-39(32)33)35-13-6-7-16-36(35)42-37/h26-40H,1-25H2. The minimum atomic E-state index is 0.933. The van der Waals surface area contributed by atoms with Crippen LogP contribution in [-0.4, -0.2) is 44.0 Å². The summed E-state index contributed by atoms with van der Waals surface area (Å²) in [5, 5.41) is 4.21. The highest BCUT2D eigenvalue weighted by atomic mass is 32.2. The summed E-state index contributed by atoms with van der Waals surface area (Å²) in [5.41, 5.74) is 0. The minimum Gasteiger partial charge on any atom is -0.294 e. The first-order valence-electron chi connectivity index (χ1n) is 20.4. The number of thioether (sulfide) groups is 2. The van der Waals surface area contributed by atoms with Crippen molar-refractivity contribution in [3.63, 3.8) is 0 Å². The van der Waals surface area contributed by atoms with Crippen LogP contribution in [0.25, 0.3) is 0 Å². The summed E-state index contributed by atoms with van der Waals surface area (Å²) in [6, 6.07) is 2.81. The lowest BCUT2D eigenvalue weighted by molar-refractivity contribution is -0.0157. The van der Waals surface area contributed by atoms with Crippen molar-refractivity contribution >= 4 is 23.5 Å². The Bertz CT molecular complexity index is 939. The summed E-state index contributed by atoms with van der Waals surface area (Å²) >= 11 is 5.16. The van der Waals surface area contributed by atoms with Crippen molar-refractivity contribution < 1.29 is 0 Å². The van der Waals surface area contributed by atoms with Gasteiger partial charge in [-0.25, -0.2) is 0 Å². The Morgan fingerprint density at radius 1 is 0.349 bits per heavy atom. The van der Waals surface area contributed by atoms with E-state index >= 15 is 0 Å². The van der Waals surface area contributed by atoms with E-state index in [0.29, 0.717) is 0 Å². The average Bonchev–Trinajstić information content (AvgIpc) is 3.64. The molecule has 2 aliphatic heterocycles. The van der Waals surface area contributed by atoms with Gasteiger partial charge in [-0.15, -0.1) is 0 Å². The molecule has 0 spiro atoms. The van der Waals surface area contributed by atoms with E-state index in [9.17, 15) is 0 Å². The normalized spacial score (nSPS) is 52.1. The summed E-state index contributed by atoms with van der Waals surface area (Å²) in [6.07, 6.45) is 39.0. The molecule has 9 fully saturated rings. The topological polar surface area (TPSA) is 3.24 Å². The van der Waals surface area contributed by atoms with Gasteiger partial charge >= 0.3 is 0 Å². The number of nitrogens with zero attached hydrogens (tertiary/aromatic N) is 1. The predicted octanol–water partition coefficient (Wildman–Crippen LogP) is 11.1. The van der Waals surface area contributed by atoms with Gasteiger partial charge in [0.25, 0.3) is 0 Å². The molecule has 0 aromatic heterocycles. The van der Waals surface area contributed by atoms with Crippen LogP contribution in [0.4, 0.5) is 0 Å². The molecular weight excluding hydrogens is 559 g/mol. The molecule has 9 aliphatic rings. The van der Waals surface area contributed by atoms with Crippen molar-refractivity contribution in [1.82, 2.24) is 4.90 Å². The molecule has 7 aliphatic carbocycles. The first-order valence-corrected chi connectivity index (χ1v) is 22.3. The van der Waals surface area contributed by atoms with Crippen LogP contribution in [0, 0.1) is 47.3 Å². The quantitative estimate of drug-likeness (QED) is 0.307. The van der Waals surface area contributed by atoms with Gasteiger partial charge in [0.15, 0.2) is 0 Å². The Kier molecular flexibility index (Phi) is 8.96. The Hall–Kier alpha value is 0.660. The first kappa shape index (κ1) is 29.8. The molecule has 0 N–H and O–H groups in total. The molecule has 242 valence electrons. The van der Waals surface area contributed by atoms with Gasteiger partial charge in [-0.3, -0.25) is 4.90 Å². The maximum Gasteiger partial charge on any atom is 0.0123 e. The third-order valence-corrected chi connectivity index (χ3v) is 19.9. The fourth-order valence-corrected chi connectivity index (χ4v) is 19.1. The molecular formula is C40H65NS2. The van der Waals surface area contributed by atoms with Crippen LogP contribution in [0.5, 0.6) is 0 Å². The molecule has 2 saturated heterocycles. The third-order valence-electron chi connectivity index (χ3n) is 16.1. The molecule has 0 amide bonds. The van der Waals surface area contributed by atoms with E-state index < -0.39 is 0 Å².